The van der Waals surface area contributed by atoms with Crippen molar-refractivity contribution in [1.29, 1.82) is 0 Å². The number of anilines is 1. The molecule has 1 heterocycles. The molecule has 3 aromatic carbocycles. The van der Waals surface area contributed by atoms with Crippen LogP contribution in [0.3, 0.4) is 0 Å². The second kappa shape index (κ2) is 10.7. The van der Waals surface area contributed by atoms with E-state index in [9.17, 15) is 14.4 Å². The van der Waals surface area contributed by atoms with E-state index >= 15 is 0 Å². The Labute approximate surface area is 209 Å². The van der Waals surface area contributed by atoms with Crippen LogP contribution in [0.4, 0.5) is 5.69 Å². The molecule has 182 valence electrons. The van der Waals surface area contributed by atoms with Gasteiger partial charge in [0.1, 0.15) is 12.4 Å². The Balaban J connectivity index is 1.60. The Hall–Kier alpha value is -4.65. The van der Waals surface area contributed by atoms with Gasteiger partial charge in [-0.2, -0.15) is 0 Å². The fourth-order valence-electron chi connectivity index (χ4n) is 3.92. The second-order valence-corrected chi connectivity index (χ2v) is 8.03. The van der Waals surface area contributed by atoms with Crippen molar-refractivity contribution < 1.29 is 28.6 Å². The normalized spacial score (nSPS) is 14.2. The molecule has 0 fully saturated rings. The smallest absolute Gasteiger partial charge is 0.340 e. The van der Waals surface area contributed by atoms with Crippen LogP contribution in [0.25, 0.3) is 6.08 Å². The molecule has 0 atom stereocenters. The first kappa shape index (κ1) is 24.5. The van der Waals surface area contributed by atoms with Crippen molar-refractivity contribution >= 4 is 29.6 Å². The molecule has 0 saturated heterocycles. The molecule has 1 aliphatic rings. The lowest BCUT2D eigenvalue weighted by molar-refractivity contribution is -0.136. The maximum Gasteiger partial charge on any atom is 0.340 e. The number of hydrogen-bond donors (Lipinski definition) is 0. The SMILES string of the molecule is COC(=O)C1=C(C)N(c2ccc(C(=O)OC)cc2)C(=O)C1=Cc1ccc(OCc2ccccc2)cc1. The highest BCUT2D eigenvalue weighted by atomic mass is 16.5. The van der Waals surface area contributed by atoms with E-state index in [1.54, 1.807) is 37.3 Å². The number of esters is 2. The van der Waals surface area contributed by atoms with Gasteiger partial charge in [0.15, 0.2) is 0 Å². The average molecular weight is 484 g/mol. The number of allylic oxidation sites excluding steroid dienone is 1. The number of ether oxygens (including phenoxy) is 3. The summed E-state index contributed by atoms with van der Waals surface area (Å²) in [5.41, 5.74) is 3.49. The summed E-state index contributed by atoms with van der Waals surface area (Å²) in [6.07, 6.45) is 1.65. The minimum atomic E-state index is -0.608. The lowest BCUT2D eigenvalue weighted by Gasteiger charge is -2.18. The monoisotopic (exact) mass is 483 g/mol. The summed E-state index contributed by atoms with van der Waals surface area (Å²) >= 11 is 0. The molecule has 1 aliphatic heterocycles. The van der Waals surface area contributed by atoms with E-state index in [-0.39, 0.29) is 17.1 Å². The number of rotatable bonds is 7. The lowest BCUT2D eigenvalue weighted by Crippen LogP contribution is -2.24. The van der Waals surface area contributed by atoms with Gasteiger partial charge in [-0.15, -0.1) is 0 Å². The number of hydrogen-bond acceptors (Lipinski definition) is 6. The summed E-state index contributed by atoms with van der Waals surface area (Å²) in [4.78, 5) is 39.3. The van der Waals surface area contributed by atoms with Gasteiger partial charge in [0.2, 0.25) is 0 Å². The van der Waals surface area contributed by atoms with Gasteiger partial charge >= 0.3 is 11.9 Å². The molecule has 0 bridgehead atoms. The van der Waals surface area contributed by atoms with Crippen LogP contribution < -0.4 is 9.64 Å². The largest absolute Gasteiger partial charge is 0.489 e. The molecular formula is C29H25NO6. The zero-order valence-electron chi connectivity index (χ0n) is 20.2. The summed E-state index contributed by atoms with van der Waals surface area (Å²) in [6.45, 7) is 2.12. The van der Waals surface area contributed by atoms with E-state index in [1.165, 1.54) is 19.1 Å². The van der Waals surface area contributed by atoms with E-state index in [2.05, 4.69) is 0 Å². The minimum Gasteiger partial charge on any atom is -0.489 e. The molecule has 1 amide bonds. The van der Waals surface area contributed by atoms with E-state index in [0.717, 1.165) is 11.1 Å². The van der Waals surface area contributed by atoms with Crippen LogP contribution >= 0.6 is 0 Å². The van der Waals surface area contributed by atoms with Crippen molar-refractivity contribution in [3.8, 4) is 5.75 Å². The molecule has 0 aromatic heterocycles. The zero-order chi connectivity index (χ0) is 25.7. The molecule has 0 saturated carbocycles. The summed E-state index contributed by atoms with van der Waals surface area (Å²) in [7, 11) is 2.58. The molecule has 4 rings (SSSR count). The molecular weight excluding hydrogens is 458 g/mol. The summed E-state index contributed by atoms with van der Waals surface area (Å²) in [5.74, 6) is -0.772. The van der Waals surface area contributed by atoms with Crippen LogP contribution in [-0.4, -0.2) is 32.1 Å². The Morgan fingerprint density at radius 1 is 0.833 bits per heavy atom. The molecule has 3 aromatic rings. The van der Waals surface area contributed by atoms with Crippen LogP contribution in [-0.2, 0) is 25.7 Å². The van der Waals surface area contributed by atoms with Crippen molar-refractivity contribution in [2.24, 2.45) is 0 Å². The topological polar surface area (TPSA) is 82.1 Å². The first-order valence-corrected chi connectivity index (χ1v) is 11.2. The number of nitrogens with zero attached hydrogens (tertiary/aromatic N) is 1. The zero-order valence-corrected chi connectivity index (χ0v) is 20.2. The summed E-state index contributed by atoms with van der Waals surface area (Å²) in [5, 5.41) is 0. The Kier molecular flexibility index (Phi) is 7.30. The van der Waals surface area contributed by atoms with Crippen molar-refractivity contribution in [1.82, 2.24) is 0 Å². The van der Waals surface area contributed by atoms with Gasteiger partial charge in [0.25, 0.3) is 5.91 Å². The Bertz CT molecular complexity index is 1340. The van der Waals surface area contributed by atoms with E-state index in [1.807, 2.05) is 54.6 Å². The van der Waals surface area contributed by atoms with E-state index in [4.69, 9.17) is 14.2 Å². The van der Waals surface area contributed by atoms with Gasteiger partial charge < -0.3 is 14.2 Å². The third-order valence-electron chi connectivity index (χ3n) is 5.78. The van der Waals surface area contributed by atoms with Gasteiger partial charge in [-0.3, -0.25) is 9.69 Å². The van der Waals surface area contributed by atoms with Crippen LogP contribution in [0, 0.1) is 0 Å². The highest BCUT2D eigenvalue weighted by molar-refractivity contribution is 6.23. The maximum absolute atomic E-state index is 13.4. The molecule has 7 heteroatoms. The first-order valence-electron chi connectivity index (χ1n) is 11.2. The van der Waals surface area contributed by atoms with Crippen LogP contribution in [0.2, 0.25) is 0 Å². The molecule has 0 spiro atoms. The Morgan fingerprint density at radius 2 is 1.47 bits per heavy atom. The van der Waals surface area contributed by atoms with Crippen molar-refractivity contribution in [3.63, 3.8) is 0 Å². The molecule has 7 nitrogen and oxygen atoms in total. The first-order chi connectivity index (χ1) is 17.4. The fraction of sp³-hybridized carbons (Fsp3) is 0.138. The molecule has 0 radical (unpaired) electrons. The second-order valence-electron chi connectivity index (χ2n) is 8.03. The van der Waals surface area contributed by atoms with Crippen LogP contribution in [0.1, 0.15) is 28.4 Å². The quantitative estimate of drug-likeness (QED) is 0.350. The van der Waals surface area contributed by atoms with E-state index in [0.29, 0.717) is 29.3 Å². The van der Waals surface area contributed by atoms with Crippen molar-refractivity contribution in [2.75, 3.05) is 19.1 Å². The fourth-order valence-corrected chi connectivity index (χ4v) is 3.92. The number of benzene rings is 3. The third kappa shape index (κ3) is 5.05. The Morgan fingerprint density at radius 3 is 2.08 bits per heavy atom. The van der Waals surface area contributed by atoms with Gasteiger partial charge in [0.05, 0.1) is 30.9 Å². The van der Waals surface area contributed by atoms with Crippen molar-refractivity contribution in [3.05, 3.63) is 112 Å². The van der Waals surface area contributed by atoms with Crippen LogP contribution in [0.5, 0.6) is 5.75 Å². The van der Waals surface area contributed by atoms with Crippen molar-refractivity contribution in [2.45, 2.75) is 13.5 Å². The predicted molar refractivity (Wildman–Crippen MR) is 135 cm³/mol. The molecule has 0 aliphatic carbocycles. The molecule has 0 N–H and O–H groups in total. The number of carbonyl (C=O) groups is 3. The molecule has 36 heavy (non-hydrogen) atoms. The van der Waals surface area contributed by atoms with Gasteiger partial charge in [-0.1, -0.05) is 42.5 Å². The van der Waals surface area contributed by atoms with E-state index < -0.39 is 11.9 Å². The number of methoxy groups -OCH3 is 2. The van der Waals surface area contributed by atoms with Crippen LogP contribution in [0.15, 0.2) is 95.7 Å². The lowest BCUT2D eigenvalue weighted by atomic mass is 10.0. The summed E-state index contributed by atoms with van der Waals surface area (Å²) < 4.78 is 15.5. The number of amides is 1. The number of carbonyl (C=O) groups excluding carboxylic acids is 3. The van der Waals surface area contributed by atoms with Gasteiger partial charge in [0, 0.05) is 11.4 Å². The summed E-state index contributed by atoms with van der Waals surface area (Å²) in [6, 6.07) is 23.5. The minimum absolute atomic E-state index is 0.184. The predicted octanol–water partition coefficient (Wildman–Crippen LogP) is 4.93. The molecule has 0 unspecified atom stereocenters. The van der Waals surface area contributed by atoms with Gasteiger partial charge in [-0.05, 0) is 60.5 Å². The third-order valence-corrected chi connectivity index (χ3v) is 5.78. The highest BCUT2D eigenvalue weighted by Crippen LogP contribution is 2.35. The highest BCUT2D eigenvalue weighted by Gasteiger charge is 2.37. The van der Waals surface area contributed by atoms with Gasteiger partial charge in [-0.25, -0.2) is 9.59 Å². The standard InChI is InChI=1S/C29H25NO6/c1-19-26(29(33)35-3)25(27(31)30(19)23-13-11-22(12-14-23)28(32)34-2)17-20-9-15-24(16-10-20)36-18-21-7-5-4-6-8-21/h4-17H,18H2,1-3H3. The average Bonchev–Trinajstić information content (AvgIpc) is 3.16. The maximum atomic E-state index is 13.4.